The predicted octanol–water partition coefficient (Wildman–Crippen LogP) is 4.13. The van der Waals surface area contributed by atoms with Crippen LogP contribution in [0.4, 0.5) is 16.5 Å². The zero-order valence-electron chi connectivity index (χ0n) is 17.8. The summed E-state index contributed by atoms with van der Waals surface area (Å²) in [5.41, 5.74) is 4.30. The second kappa shape index (κ2) is 8.80. The topological polar surface area (TPSA) is 97.8 Å². The van der Waals surface area contributed by atoms with Crippen molar-refractivity contribution in [1.82, 2.24) is 4.98 Å². The fourth-order valence-electron chi connectivity index (χ4n) is 3.18. The molecule has 1 aliphatic rings. The van der Waals surface area contributed by atoms with Gasteiger partial charge in [0.05, 0.1) is 22.6 Å². The Kier molecular flexibility index (Phi) is 5.91. The molecule has 1 N–H and O–H groups in total. The van der Waals surface area contributed by atoms with E-state index in [4.69, 9.17) is 9.47 Å². The van der Waals surface area contributed by atoms with Crippen molar-refractivity contribution in [2.45, 2.75) is 27.4 Å². The van der Waals surface area contributed by atoms with Crippen LogP contribution in [0.1, 0.15) is 34.1 Å². The van der Waals surface area contributed by atoms with Crippen LogP contribution < -0.4 is 15.0 Å². The van der Waals surface area contributed by atoms with Crippen LogP contribution in [-0.4, -0.2) is 29.4 Å². The van der Waals surface area contributed by atoms with Crippen LogP contribution in [0.25, 0.3) is 0 Å². The molecular formula is C23H21N3O5S. The highest BCUT2D eigenvalue weighted by Crippen LogP contribution is 2.31. The molecule has 1 aliphatic heterocycles. The Morgan fingerprint density at radius 1 is 1.19 bits per heavy atom. The summed E-state index contributed by atoms with van der Waals surface area (Å²) in [5, 5.41) is 4.93. The number of anilines is 3. The number of nitrogens with zero attached hydrogens (tertiary/aromatic N) is 2. The fourth-order valence-corrected chi connectivity index (χ4v) is 4.05. The lowest BCUT2D eigenvalue weighted by Gasteiger charge is -2.19. The summed E-state index contributed by atoms with van der Waals surface area (Å²) < 4.78 is 10.7. The number of carbonyl (C=O) groups excluding carboxylic acids is 3. The maximum absolute atomic E-state index is 12.5. The van der Waals surface area contributed by atoms with Crippen LogP contribution in [0.5, 0.6) is 5.75 Å². The van der Waals surface area contributed by atoms with Crippen LogP contribution >= 0.6 is 11.3 Å². The Labute approximate surface area is 188 Å². The van der Waals surface area contributed by atoms with Gasteiger partial charge in [-0.15, -0.1) is 11.3 Å². The number of ether oxygens (including phenoxy) is 2. The van der Waals surface area contributed by atoms with Gasteiger partial charge in [-0.3, -0.25) is 14.5 Å². The van der Waals surface area contributed by atoms with Gasteiger partial charge >= 0.3 is 5.97 Å². The number of aromatic nitrogens is 1. The maximum Gasteiger partial charge on any atom is 0.338 e. The van der Waals surface area contributed by atoms with Crippen molar-refractivity contribution in [2.24, 2.45) is 0 Å². The first kappa shape index (κ1) is 21.5. The largest absolute Gasteiger partial charge is 0.482 e. The number of hydrogen-bond acceptors (Lipinski definition) is 7. The van der Waals surface area contributed by atoms with Gasteiger partial charge in [0.1, 0.15) is 12.4 Å². The lowest BCUT2D eigenvalue weighted by molar-refractivity contribution is -0.118. The van der Waals surface area contributed by atoms with E-state index in [1.807, 2.05) is 32.0 Å². The van der Waals surface area contributed by atoms with Gasteiger partial charge in [0.15, 0.2) is 11.7 Å². The number of amides is 2. The van der Waals surface area contributed by atoms with Crippen molar-refractivity contribution in [3.05, 3.63) is 64.2 Å². The summed E-state index contributed by atoms with van der Waals surface area (Å²) in [6.45, 7) is 5.35. The molecule has 0 saturated carbocycles. The van der Waals surface area contributed by atoms with E-state index in [-0.39, 0.29) is 25.0 Å². The van der Waals surface area contributed by atoms with Gasteiger partial charge in [0.2, 0.25) is 5.91 Å². The lowest BCUT2D eigenvalue weighted by Crippen LogP contribution is -2.25. The molecule has 1 aromatic heterocycles. The molecule has 164 valence electrons. The van der Waals surface area contributed by atoms with Crippen LogP contribution in [0.2, 0.25) is 0 Å². The van der Waals surface area contributed by atoms with E-state index in [2.05, 4.69) is 10.3 Å². The molecule has 4 rings (SSSR count). The summed E-state index contributed by atoms with van der Waals surface area (Å²) in [5.74, 6) is -0.527. The van der Waals surface area contributed by atoms with Crippen molar-refractivity contribution in [2.75, 3.05) is 16.8 Å². The quantitative estimate of drug-likeness (QED) is 0.586. The van der Waals surface area contributed by atoms with Gasteiger partial charge in [0, 0.05) is 12.3 Å². The highest BCUT2D eigenvalue weighted by atomic mass is 32.1. The molecular weight excluding hydrogens is 430 g/mol. The monoisotopic (exact) mass is 451 g/mol. The first-order valence-corrected chi connectivity index (χ1v) is 10.8. The van der Waals surface area contributed by atoms with Crippen LogP contribution in [0.3, 0.4) is 0 Å². The van der Waals surface area contributed by atoms with Gasteiger partial charge in [-0.2, -0.15) is 0 Å². The molecule has 0 radical (unpaired) electrons. The second-order valence-corrected chi connectivity index (χ2v) is 8.20. The van der Waals surface area contributed by atoms with Gasteiger partial charge in [-0.25, -0.2) is 9.78 Å². The summed E-state index contributed by atoms with van der Waals surface area (Å²) in [7, 11) is 0. The van der Waals surface area contributed by atoms with Crippen LogP contribution in [-0.2, 0) is 20.9 Å². The molecule has 0 atom stereocenters. The second-order valence-electron chi connectivity index (χ2n) is 7.37. The average Bonchev–Trinajstić information content (AvgIpc) is 3.22. The lowest BCUT2D eigenvalue weighted by atomic mass is 10.1. The first-order valence-electron chi connectivity index (χ1n) is 9.88. The van der Waals surface area contributed by atoms with Gasteiger partial charge in [0.25, 0.3) is 5.91 Å². The minimum absolute atomic E-state index is 0.0390. The molecule has 2 aromatic carbocycles. The van der Waals surface area contributed by atoms with Crippen molar-refractivity contribution in [3.63, 3.8) is 0 Å². The zero-order valence-corrected chi connectivity index (χ0v) is 18.6. The van der Waals surface area contributed by atoms with E-state index in [0.29, 0.717) is 27.8 Å². The number of hydrogen-bond donors (Lipinski definition) is 1. The highest BCUT2D eigenvalue weighted by Gasteiger charge is 2.20. The third kappa shape index (κ3) is 4.47. The fraction of sp³-hybridized carbons (Fsp3) is 0.217. The maximum atomic E-state index is 12.5. The molecule has 32 heavy (non-hydrogen) atoms. The molecule has 9 heteroatoms. The number of carbonyl (C=O) groups is 3. The van der Waals surface area contributed by atoms with E-state index < -0.39 is 5.97 Å². The van der Waals surface area contributed by atoms with E-state index >= 15 is 0 Å². The number of fused-ring (bicyclic) bond motifs is 1. The standard InChI is InChI=1S/C23H21N3O5S/c1-13-4-6-18(8-14(13)2)26(15(3)27)23-24-17(12-32-23)10-31-22(29)16-5-7-19-20(9-16)30-11-21(28)25-19/h4-9,12H,10-11H2,1-3H3,(H,25,28). The predicted molar refractivity (Wildman–Crippen MR) is 121 cm³/mol. The van der Waals surface area contributed by atoms with E-state index in [1.165, 1.54) is 29.2 Å². The number of thiazole rings is 1. The Bertz CT molecular complexity index is 1220. The van der Waals surface area contributed by atoms with Crippen molar-refractivity contribution in [3.8, 4) is 5.75 Å². The van der Waals surface area contributed by atoms with Gasteiger partial charge < -0.3 is 14.8 Å². The average molecular weight is 452 g/mol. The summed E-state index contributed by atoms with van der Waals surface area (Å²) in [4.78, 5) is 42.1. The number of esters is 1. The Hall–Kier alpha value is -3.72. The summed E-state index contributed by atoms with van der Waals surface area (Å²) in [6.07, 6.45) is 0. The molecule has 0 fully saturated rings. The van der Waals surface area contributed by atoms with E-state index in [0.717, 1.165) is 16.8 Å². The number of rotatable bonds is 5. The number of nitrogens with one attached hydrogen (secondary N) is 1. The first-order chi connectivity index (χ1) is 15.3. The highest BCUT2D eigenvalue weighted by molar-refractivity contribution is 7.14. The Balaban J connectivity index is 1.45. The molecule has 0 aliphatic carbocycles. The third-order valence-corrected chi connectivity index (χ3v) is 5.87. The third-order valence-electron chi connectivity index (χ3n) is 5.00. The number of benzene rings is 2. The Morgan fingerprint density at radius 3 is 2.75 bits per heavy atom. The molecule has 0 bridgehead atoms. The smallest absolute Gasteiger partial charge is 0.338 e. The normalized spacial score (nSPS) is 12.4. The van der Waals surface area contributed by atoms with Gasteiger partial charge in [-0.1, -0.05) is 6.07 Å². The summed E-state index contributed by atoms with van der Waals surface area (Å²) >= 11 is 1.30. The van der Waals surface area contributed by atoms with Crippen molar-refractivity contribution in [1.29, 1.82) is 0 Å². The molecule has 0 spiro atoms. The molecule has 8 nitrogen and oxygen atoms in total. The number of aryl methyl sites for hydroxylation is 2. The van der Waals surface area contributed by atoms with Crippen LogP contribution in [0, 0.1) is 13.8 Å². The molecule has 0 saturated heterocycles. The Morgan fingerprint density at radius 2 is 2.00 bits per heavy atom. The zero-order chi connectivity index (χ0) is 22.8. The van der Waals surface area contributed by atoms with Gasteiger partial charge in [-0.05, 0) is 55.3 Å². The minimum atomic E-state index is -0.541. The molecule has 2 amide bonds. The summed E-state index contributed by atoms with van der Waals surface area (Å²) in [6, 6.07) is 10.5. The molecule has 0 unspecified atom stereocenters. The molecule has 2 heterocycles. The molecule has 3 aromatic rings. The van der Waals surface area contributed by atoms with E-state index in [1.54, 1.807) is 17.5 Å². The van der Waals surface area contributed by atoms with Crippen molar-refractivity contribution < 1.29 is 23.9 Å². The van der Waals surface area contributed by atoms with Crippen molar-refractivity contribution >= 4 is 45.6 Å². The minimum Gasteiger partial charge on any atom is -0.482 e. The van der Waals surface area contributed by atoms with Crippen LogP contribution in [0.15, 0.2) is 41.8 Å². The van der Waals surface area contributed by atoms with E-state index in [9.17, 15) is 14.4 Å². The SMILES string of the molecule is CC(=O)N(c1ccc(C)c(C)c1)c1nc(COC(=O)c2ccc3c(c2)OCC(=O)N3)cs1.